The van der Waals surface area contributed by atoms with Crippen LogP contribution in [0.1, 0.15) is 19.8 Å². The van der Waals surface area contributed by atoms with Crippen LogP contribution in [0.2, 0.25) is 5.02 Å². The fourth-order valence-electron chi connectivity index (χ4n) is 2.18. The van der Waals surface area contributed by atoms with Gasteiger partial charge in [0.15, 0.2) is 0 Å². The van der Waals surface area contributed by atoms with Gasteiger partial charge in [0, 0.05) is 20.3 Å². The highest BCUT2D eigenvalue weighted by atomic mass is 35.5. The molecule has 1 atom stereocenters. The van der Waals surface area contributed by atoms with Crippen molar-refractivity contribution in [2.45, 2.75) is 31.9 Å². The molecule has 0 radical (unpaired) electrons. The van der Waals surface area contributed by atoms with Gasteiger partial charge in [-0.3, -0.25) is 4.79 Å². The molecule has 0 spiro atoms. The van der Waals surface area contributed by atoms with Crippen molar-refractivity contribution in [1.29, 1.82) is 0 Å². The molecule has 2 heterocycles. The van der Waals surface area contributed by atoms with Gasteiger partial charge in [-0.15, -0.1) is 0 Å². The molecule has 1 fully saturated rings. The Bertz CT molecular complexity index is 512. The Morgan fingerprint density at radius 1 is 1.65 bits per heavy atom. The van der Waals surface area contributed by atoms with Crippen LogP contribution >= 0.6 is 11.6 Å². The third-order valence-corrected chi connectivity index (χ3v) is 3.81. The Kier molecular flexibility index (Phi) is 5.01. The summed E-state index contributed by atoms with van der Waals surface area (Å²) in [6.07, 6.45) is 3.62. The van der Waals surface area contributed by atoms with Crippen molar-refractivity contribution in [3.8, 4) is 0 Å². The highest BCUT2D eigenvalue weighted by Gasteiger charge is 2.29. The lowest BCUT2D eigenvalue weighted by Crippen LogP contribution is -2.33. The van der Waals surface area contributed by atoms with Gasteiger partial charge in [0.25, 0.3) is 5.56 Å². The number of methoxy groups -OCH3 is 1. The number of aromatic nitrogens is 2. The van der Waals surface area contributed by atoms with Crippen molar-refractivity contribution in [2.24, 2.45) is 0 Å². The molecule has 0 aromatic carbocycles. The second-order valence-corrected chi connectivity index (χ2v) is 5.53. The summed E-state index contributed by atoms with van der Waals surface area (Å²) in [5, 5.41) is 7.39. The first-order chi connectivity index (χ1) is 9.56. The van der Waals surface area contributed by atoms with Crippen molar-refractivity contribution >= 4 is 17.3 Å². The third kappa shape index (κ3) is 3.50. The van der Waals surface area contributed by atoms with Crippen LogP contribution in [0.5, 0.6) is 0 Å². The molecule has 1 aromatic heterocycles. The second kappa shape index (κ2) is 6.56. The van der Waals surface area contributed by atoms with Gasteiger partial charge in [0.2, 0.25) is 0 Å². The summed E-state index contributed by atoms with van der Waals surface area (Å²) in [5.41, 5.74) is 0.0297. The van der Waals surface area contributed by atoms with E-state index in [1.165, 1.54) is 4.68 Å². The first-order valence-electron chi connectivity index (χ1n) is 6.68. The van der Waals surface area contributed by atoms with Gasteiger partial charge < -0.3 is 14.8 Å². The number of rotatable bonds is 6. The number of nitrogens with one attached hydrogen (secondary N) is 1. The minimum Gasteiger partial charge on any atom is -0.383 e. The zero-order valence-electron chi connectivity index (χ0n) is 11.8. The van der Waals surface area contributed by atoms with Crippen molar-refractivity contribution in [3.63, 3.8) is 0 Å². The third-order valence-electron chi connectivity index (χ3n) is 3.45. The first kappa shape index (κ1) is 15.3. The Balaban J connectivity index is 2.05. The topological polar surface area (TPSA) is 65.4 Å². The van der Waals surface area contributed by atoms with Gasteiger partial charge in [-0.25, -0.2) is 4.68 Å². The zero-order chi connectivity index (χ0) is 14.6. The molecule has 2 rings (SSSR count). The highest BCUT2D eigenvalue weighted by Crippen LogP contribution is 2.26. The molecule has 1 saturated heterocycles. The van der Waals surface area contributed by atoms with Gasteiger partial charge in [0.1, 0.15) is 5.02 Å². The van der Waals surface area contributed by atoms with Crippen molar-refractivity contribution < 1.29 is 9.47 Å². The molecule has 1 aliphatic rings. The molecule has 0 amide bonds. The minimum absolute atomic E-state index is 0.151. The molecule has 1 unspecified atom stereocenters. The molecule has 112 valence electrons. The highest BCUT2D eigenvalue weighted by molar-refractivity contribution is 6.32. The van der Waals surface area contributed by atoms with Crippen LogP contribution < -0.4 is 10.9 Å². The fourth-order valence-corrected chi connectivity index (χ4v) is 2.40. The standard InChI is InChI=1S/C13H20ClN3O3/c1-13(4-3-6-20-13)9-15-10-8-16-17(5-7-19-2)12(18)11(10)14/h8,15H,3-7,9H2,1-2H3. The Labute approximate surface area is 123 Å². The Morgan fingerprint density at radius 2 is 2.45 bits per heavy atom. The lowest BCUT2D eigenvalue weighted by molar-refractivity contribution is 0.0315. The fraction of sp³-hybridized carbons (Fsp3) is 0.692. The van der Waals surface area contributed by atoms with Crippen LogP contribution in [0.4, 0.5) is 5.69 Å². The van der Waals surface area contributed by atoms with Gasteiger partial charge >= 0.3 is 0 Å². The van der Waals surface area contributed by atoms with Gasteiger partial charge in [-0.05, 0) is 19.8 Å². The maximum Gasteiger partial charge on any atom is 0.287 e. The number of ether oxygens (including phenoxy) is 2. The predicted molar refractivity (Wildman–Crippen MR) is 77.5 cm³/mol. The molecule has 1 aliphatic heterocycles. The Hall–Kier alpha value is -1.11. The van der Waals surface area contributed by atoms with Crippen LogP contribution in [0, 0.1) is 0 Å². The van der Waals surface area contributed by atoms with E-state index in [2.05, 4.69) is 10.4 Å². The van der Waals surface area contributed by atoms with E-state index < -0.39 is 0 Å². The lowest BCUT2D eigenvalue weighted by Gasteiger charge is -2.24. The molecule has 1 aromatic rings. The van der Waals surface area contributed by atoms with E-state index in [4.69, 9.17) is 21.1 Å². The summed E-state index contributed by atoms with van der Waals surface area (Å²) >= 11 is 6.09. The van der Waals surface area contributed by atoms with E-state index in [1.54, 1.807) is 13.3 Å². The minimum atomic E-state index is -0.314. The molecule has 0 bridgehead atoms. The van der Waals surface area contributed by atoms with Crippen molar-refractivity contribution in [1.82, 2.24) is 9.78 Å². The summed E-state index contributed by atoms with van der Waals surface area (Å²) in [6, 6.07) is 0. The van der Waals surface area contributed by atoms with Crippen LogP contribution in [-0.2, 0) is 16.0 Å². The van der Waals surface area contributed by atoms with E-state index in [1.807, 2.05) is 6.92 Å². The normalized spacial score (nSPS) is 22.1. The van der Waals surface area contributed by atoms with Crippen LogP contribution in [-0.4, -0.2) is 42.2 Å². The zero-order valence-corrected chi connectivity index (χ0v) is 12.6. The van der Waals surface area contributed by atoms with Gasteiger partial charge in [-0.1, -0.05) is 11.6 Å². The SMILES string of the molecule is COCCn1ncc(NCC2(C)CCCO2)c(Cl)c1=O. The molecule has 1 N–H and O–H groups in total. The van der Waals surface area contributed by atoms with E-state index in [-0.39, 0.29) is 16.2 Å². The summed E-state index contributed by atoms with van der Waals surface area (Å²) in [6.45, 7) is 4.24. The smallest absolute Gasteiger partial charge is 0.287 e. The number of anilines is 1. The van der Waals surface area contributed by atoms with Crippen LogP contribution in [0.15, 0.2) is 11.0 Å². The first-order valence-corrected chi connectivity index (χ1v) is 7.06. The van der Waals surface area contributed by atoms with E-state index >= 15 is 0 Å². The molecular weight excluding hydrogens is 282 g/mol. The average Bonchev–Trinajstić information content (AvgIpc) is 2.87. The molecule has 0 saturated carbocycles. The maximum absolute atomic E-state index is 12.0. The molecular formula is C13H20ClN3O3. The predicted octanol–water partition coefficient (Wildman–Crippen LogP) is 1.52. The van der Waals surface area contributed by atoms with Gasteiger partial charge in [0.05, 0.1) is 30.6 Å². The molecule has 20 heavy (non-hydrogen) atoms. The Morgan fingerprint density at radius 3 is 3.10 bits per heavy atom. The second-order valence-electron chi connectivity index (χ2n) is 5.15. The summed E-state index contributed by atoms with van der Waals surface area (Å²) in [7, 11) is 1.57. The number of nitrogens with zero attached hydrogens (tertiary/aromatic N) is 2. The van der Waals surface area contributed by atoms with Crippen molar-refractivity contribution in [3.05, 3.63) is 21.6 Å². The van der Waals surface area contributed by atoms with E-state index in [0.29, 0.717) is 25.4 Å². The largest absolute Gasteiger partial charge is 0.383 e. The van der Waals surface area contributed by atoms with E-state index in [9.17, 15) is 4.79 Å². The molecule has 6 nitrogen and oxygen atoms in total. The quantitative estimate of drug-likeness (QED) is 0.863. The van der Waals surface area contributed by atoms with E-state index in [0.717, 1.165) is 19.4 Å². The van der Waals surface area contributed by atoms with Gasteiger partial charge in [-0.2, -0.15) is 5.10 Å². The lowest BCUT2D eigenvalue weighted by atomic mass is 10.0. The monoisotopic (exact) mass is 301 g/mol. The maximum atomic E-state index is 12.0. The summed E-state index contributed by atoms with van der Waals surface area (Å²) < 4.78 is 11.9. The van der Waals surface area contributed by atoms with Crippen molar-refractivity contribution in [2.75, 3.05) is 32.2 Å². The molecule has 7 heteroatoms. The summed E-state index contributed by atoms with van der Waals surface area (Å²) in [4.78, 5) is 12.0. The summed E-state index contributed by atoms with van der Waals surface area (Å²) in [5.74, 6) is 0. The van der Waals surface area contributed by atoms with Crippen LogP contribution in [0.25, 0.3) is 0 Å². The number of hydrogen-bond acceptors (Lipinski definition) is 5. The molecule has 0 aliphatic carbocycles. The average molecular weight is 302 g/mol. The number of hydrogen-bond donors (Lipinski definition) is 1. The van der Waals surface area contributed by atoms with Crippen LogP contribution in [0.3, 0.4) is 0 Å². The number of halogens is 1.